The van der Waals surface area contributed by atoms with Gasteiger partial charge in [-0.25, -0.2) is 0 Å². The van der Waals surface area contributed by atoms with Crippen LogP contribution in [0.1, 0.15) is 25.3 Å². The van der Waals surface area contributed by atoms with Gasteiger partial charge >= 0.3 is 0 Å². The van der Waals surface area contributed by atoms with Gasteiger partial charge in [-0.15, -0.1) is 0 Å². The monoisotopic (exact) mass is 196 g/mol. The number of hydrogen-bond donors (Lipinski definition) is 1. The maximum atomic E-state index is 11.4. The summed E-state index contributed by atoms with van der Waals surface area (Å²) in [6.07, 6.45) is 4.25. The minimum atomic E-state index is -0.819. The first kappa shape index (κ1) is 10.9. The van der Waals surface area contributed by atoms with Crippen molar-refractivity contribution in [1.82, 2.24) is 9.78 Å². The lowest BCUT2D eigenvalue weighted by molar-refractivity contribution is -0.126. The third kappa shape index (κ3) is 2.96. The number of Topliss-reactive ketones (excluding diaryl/α,β-unsaturated/α-hetero) is 1. The lowest BCUT2D eigenvalue weighted by Gasteiger charge is -2.06. The van der Waals surface area contributed by atoms with Gasteiger partial charge in [-0.1, -0.05) is 13.3 Å². The predicted octanol–water partition coefficient (Wildman–Crippen LogP) is 0.693. The molecule has 1 aromatic heterocycles. The smallest absolute Gasteiger partial charge is 0.165 e. The number of rotatable bonds is 5. The fourth-order valence-electron chi connectivity index (χ4n) is 1.32. The van der Waals surface area contributed by atoms with E-state index in [9.17, 15) is 9.90 Å². The molecule has 0 aromatic carbocycles. The Bertz CT molecular complexity index is 307. The molecule has 4 heteroatoms. The second-order valence-corrected chi connectivity index (χ2v) is 3.47. The minimum absolute atomic E-state index is 0.125. The van der Waals surface area contributed by atoms with Crippen LogP contribution in [0.3, 0.4) is 0 Å². The number of carbonyl (C=O) groups is 1. The Morgan fingerprint density at radius 1 is 1.71 bits per heavy atom. The number of nitrogens with zero attached hydrogens (tertiary/aromatic N) is 2. The Kier molecular flexibility index (Phi) is 3.83. The van der Waals surface area contributed by atoms with E-state index in [0.29, 0.717) is 6.42 Å². The van der Waals surface area contributed by atoms with E-state index in [2.05, 4.69) is 5.10 Å². The number of hydrogen-bond acceptors (Lipinski definition) is 3. The van der Waals surface area contributed by atoms with Gasteiger partial charge in [-0.2, -0.15) is 5.10 Å². The molecule has 14 heavy (non-hydrogen) atoms. The number of aromatic nitrogens is 2. The molecule has 0 amide bonds. The first-order valence-corrected chi connectivity index (χ1v) is 4.81. The van der Waals surface area contributed by atoms with Gasteiger partial charge < -0.3 is 5.11 Å². The molecular weight excluding hydrogens is 180 g/mol. The molecule has 1 N–H and O–H groups in total. The molecule has 1 aromatic rings. The molecule has 0 fully saturated rings. The summed E-state index contributed by atoms with van der Waals surface area (Å²) in [6, 6.07) is 0. The van der Waals surface area contributed by atoms with Crippen molar-refractivity contribution in [3.63, 3.8) is 0 Å². The fourth-order valence-corrected chi connectivity index (χ4v) is 1.32. The van der Waals surface area contributed by atoms with Crippen molar-refractivity contribution in [3.05, 3.63) is 18.0 Å². The zero-order valence-corrected chi connectivity index (χ0v) is 8.60. The average molecular weight is 196 g/mol. The first-order valence-electron chi connectivity index (χ1n) is 4.81. The van der Waals surface area contributed by atoms with Crippen molar-refractivity contribution >= 4 is 5.78 Å². The number of aryl methyl sites for hydroxylation is 1. The third-order valence-corrected chi connectivity index (χ3v) is 2.07. The topological polar surface area (TPSA) is 55.1 Å². The fraction of sp³-hybridized carbons (Fsp3) is 0.600. The van der Waals surface area contributed by atoms with Crippen molar-refractivity contribution < 1.29 is 9.90 Å². The van der Waals surface area contributed by atoms with Gasteiger partial charge in [0.15, 0.2) is 5.78 Å². The molecule has 0 bridgehead atoms. The Balaban J connectivity index is 2.48. The lowest BCUT2D eigenvalue weighted by Crippen LogP contribution is -2.21. The maximum Gasteiger partial charge on any atom is 0.165 e. The van der Waals surface area contributed by atoms with Crippen LogP contribution in [0, 0.1) is 0 Å². The molecule has 1 atom stereocenters. The van der Waals surface area contributed by atoms with E-state index in [1.165, 1.54) is 0 Å². The average Bonchev–Trinajstić information content (AvgIpc) is 2.51. The molecule has 78 valence electrons. The molecule has 0 saturated carbocycles. The van der Waals surface area contributed by atoms with Crippen LogP contribution in [0.5, 0.6) is 0 Å². The summed E-state index contributed by atoms with van der Waals surface area (Å²) in [5, 5.41) is 13.4. The molecule has 0 saturated heterocycles. The SMILES string of the molecule is CCCC(O)C(=O)Cc1cnn(C)c1. The van der Waals surface area contributed by atoms with Crippen LogP contribution in [0.4, 0.5) is 0 Å². The molecule has 1 rings (SSSR count). The Morgan fingerprint density at radius 3 is 2.93 bits per heavy atom. The van der Waals surface area contributed by atoms with Gasteiger partial charge in [-0.05, 0) is 12.0 Å². The highest BCUT2D eigenvalue weighted by molar-refractivity contribution is 5.84. The van der Waals surface area contributed by atoms with Gasteiger partial charge in [0.1, 0.15) is 6.10 Å². The van der Waals surface area contributed by atoms with Crippen molar-refractivity contribution in [2.24, 2.45) is 7.05 Å². The van der Waals surface area contributed by atoms with Crippen LogP contribution >= 0.6 is 0 Å². The Labute approximate surface area is 83.5 Å². The summed E-state index contributed by atoms with van der Waals surface area (Å²) < 4.78 is 1.65. The molecule has 0 aliphatic carbocycles. The Hall–Kier alpha value is -1.16. The summed E-state index contributed by atoms with van der Waals surface area (Å²) in [7, 11) is 1.80. The molecule has 0 aliphatic rings. The van der Waals surface area contributed by atoms with E-state index in [0.717, 1.165) is 12.0 Å². The molecule has 1 unspecified atom stereocenters. The largest absolute Gasteiger partial charge is 0.385 e. The van der Waals surface area contributed by atoms with E-state index in [1.807, 2.05) is 6.92 Å². The zero-order valence-electron chi connectivity index (χ0n) is 8.60. The van der Waals surface area contributed by atoms with E-state index in [-0.39, 0.29) is 12.2 Å². The van der Waals surface area contributed by atoms with E-state index in [1.54, 1.807) is 24.1 Å². The highest BCUT2D eigenvalue weighted by atomic mass is 16.3. The number of carbonyl (C=O) groups excluding carboxylic acids is 1. The van der Waals surface area contributed by atoms with Crippen LogP contribution in [-0.4, -0.2) is 26.8 Å². The first-order chi connectivity index (χ1) is 6.63. The normalized spacial score (nSPS) is 12.8. The standard InChI is InChI=1S/C10H16N2O2/c1-3-4-9(13)10(14)5-8-6-11-12(2)7-8/h6-7,9,13H,3-5H2,1-2H3. The third-order valence-electron chi connectivity index (χ3n) is 2.07. The second kappa shape index (κ2) is 4.91. The second-order valence-electron chi connectivity index (χ2n) is 3.47. The molecule has 1 heterocycles. The highest BCUT2D eigenvalue weighted by Crippen LogP contribution is 2.04. The number of aliphatic hydroxyl groups excluding tert-OH is 1. The van der Waals surface area contributed by atoms with E-state index < -0.39 is 6.10 Å². The van der Waals surface area contributed by atoms with E-state index in [4.69, 9.17) is 0 Å². The lowest BCUT2D eigenvalue weighted by atomic mass is 10.1. The van der Waals surface area contributed by atoms with Gasteiger partial charge in [0.2, 0.25) is 0 Å². The predicted molar refractivity (Wildman–Crippen MR) is 52.8 cm³/mol. The van der Waals surface area contributed by atoms with Crippen LogP contribution in [0.2, 0.25) is 0 Å². The molecular formula is C10H16N2O2. The summed E-state index contributed by atoms with van der Waals surface area (Å²) in [4.78, 5) is 11.4. The van der Waals surface area contributed by atoms with Gasteiger partial charge in [0, 0.05) is 19.7 Å². The molecule has 0 spiro atoms. The number of ketones is 1. The molecule has 0 aliphatic heterocycles. The summed E-state index contributed by atoms with van der Waals surface area (Å²) in [6.45, 7) is 1.95. The van der Waals surface area contributed by atoms with Crippen molar-refractivity contribution in [2.45, 2.75) is 32.3 Å². The summed E-state index contributed by atoms with van der Waals surface area (Å²) >= 11 is 0. The van der Waals surface area contributed by atoms with Gasteiger partial charge in [0.05, 0.1) is 6.20 Å². The maximum absolute atomic E-state index is 11.4. The Morgan fingerprint density at radius 2 is 2.43 bits per heavy atom. The van der Waals surface area contributed by atoms with Crippen molar-refractivity contribution in [1.29, 1.82) is 0 Å². The zero-order chi connectivity index (χ0) is 10.6. The van der Waals surface area contributed by atoms with Crippen LogP contribution in [0.15, 0.2) is 12.4 Å². The van der Waals surface area contributed by atoms with Crippen LogP contribution in [0.25, 0.3) is 0 Å². The minimum Gasteiger partial charge on any atom is -0.385 e. The number of aliphatic hydroxyl groups is 1. The van der Waals surface area contributed by atoms with Crippen LogP contribution in [-0.2, 0) is 18.3 Å². The molecule has 0 radical (unpaired) electrons. The highest BCUT2D eigenvalue weighted by Gasteiger charge is 2.14. The van der Waals surface area contributed by atoms with Gasteiger partial charge in [-0.3, -0.25) is 9.48 Å². The van der Waals surface area contributed by atoms with Crippen molar-refractivity contribution in [2.75, 3.05) is 0 Å². The van der Waals surface area contributed by atoms with Crippen molar-refractivity contribution in [3.8, 4) is 0 Å². The summed E-state index contributed by atoms with van der Waals surface area (Å²) in [5.74, 6) is -0.125. The van der Waals surface area contributed by atoms with Crippen LogP contribution < -0.4 is 0 Å². The molecule has 4 nitrogen and oxygen atoms in total. The quantitative estimate of drug-likeness (QED) is 0.754. The van der Waals surface area contributed by atoms with E-state index >= 15 is 0 Å². The summed E-state index contributed by atoms with van der Waals surface area (Å²) in [5.41, 5.74) is 0.854. The van der Waals surface area contributed by atoms with Gasteiger partial charge in [0.25, 0.3) is 0 Å².